The van der Waals surface area contributed by atoms with Crippen LogP contribution in [0.4, 0.5) is 0 Å². The van der Waals surface area contributed by atoms with Gasteiger partial charge in [-0.05, 0) is 18.8 Å². The number of aliphatic carboxylic acids is 1. The van der Waals surface area contributed by atoms with Crippen LogP contribution < -0.4 is 0 Å². The summed E-state index contributed by atoms with van der Waals surface area (Å²) in [5.41, 5.74) is 0.333. The highest BCUT2D eigenvalue weighted by Gasteiger charge is 2.69. The summed E-state index contributed by atoms with van der Waals surface area (Å²) >= 11 is 0. The number of carboxylic acids is 1. The number of rotatable bonds is 2. The highest BCUT2D eigenvalue weighted by Crippen LogP contribution is 2.63. The Labute approximate surface area is 88.4 Å². The maximum Gasteiger partial charge on any atom is 0.316 e. The van der Waals surface area contributed by atoms with Gasteiger partial charge in [-0.2, -0.15) is 0 Å². The van der Waals surface area contributed by atoms with Crippen molar-refractivity contribution in [2.24, 2.45) is 5.41 Å². The molecule has 1 heterocycles. The molecule has 0 aromatic carbocycles. The largest absolute Gasteiger partial charge is 0.481 e. The Balaban J connectivity index is 2.45. The zero-order valence-electron chi connectivity index (χ0n) is 9.11. The lowest BCUT2D eigenvalue weighted by atomic mass is 9.93. The van der Waals surface area contributed by atoms with Gasteiger partial charge in [0.25, 0.3) is 0 Å². The molecule has 0 amide bonds. The van der Waals surface area contributed by atoms with E-state index in [-0.39, 0.29) is 5.41 Å². The van der Waals surface area contributed by atoms with E-state index in [2.05, 4.69) is 9.97 Å². The Morgan fingerprint density at radius 3 is 2.33 bits per heavy atom. The fraction of sp³-hybridized carbons (Fsp3) is 0.545. The van der Waals surface area contributed by atoms with Gasteiger partial charge in [-0.25, -0.2) is 0 Å². The summed E-state index contributed by atoms with van der Waals surface area (Å²) < 4.78 is 0. The maximum absolute atomic E-state index is 11.3. The first-order valence-electron chi connectivity index (χ1n) is 4.93. The van der Waals surface area contributed by atoms with Gasteiger partial charge in [0.2, 0.25) is 0 Å². The minimum absolute atomic E-state index is 0.219. The summed E-state index contributed by atoms with van der Waals surface area (Å²) in [7, 11) is 0. The van der Waals surface area contributed by atoms with Crippen LogP contribution >= 0.6 is 0 Å². The predicted octanol–water partition coefficient (Wildman–Crippen LogP) is 1.54. The van der Waals surface area contributed by atoms with Crippen molar-refractivity contribution in [3.63, 3.8) is 0 Å². The molecule has 4 heteroatoms. The molecule has 0 radical (unpaired) electrons. The summed E-state index contributed by atoms with van der Waals surface area (Å²) in [6, 6.07) is 0. The molecule has 1 aromatic heterocycles. The van der Waals surface area contributed by atoms with Crippen LogP contribution in [0.5, 0.6) is 0 Å². The molecule has 1 fully saturated rings. The molecule has 1 aromatic rings. The average molecular weight is 206 g/mol. The highest BCUT2D eigenvalue weighted by molar-refractivity contribution is 5.86. The van der Waals surface area contributed by atoms with Gasteiger partial charge < -0.3 is 5.11 Å². The van der Waals surface area contributed by atoms with Crippen molar-refractivity contribution < 1.29 is 9.90 Å². The van der Waals surface area contributed by atoms with E-state index in [1.54, 1.807) is 12.4 Å². The first-order chi connectivity index (χ1) is 6.90. The Morgan fingerprint density at radius 2 is 2.00 bits per heavy atom. The van der Waals surface area contributed by atoms with Crippen molar-refractivity contribution in [3.8, 4) is 0 Å². The van der Waals surface area contributed by atoms with Crippen LogP contribution in [-0.2, 0) is 10.2 Å². The first-order valence-corrected chi connectivity index (χ1v) is 4.93. The van der Waals surface area contributed by atoms with E-state index < -0.39 is 11.4 Å². The topological polar surface area (TPSA) is 63.1 Å². The van der Waals surface area contributed by atoms with E-state index in [0.29, 0.717) is 12.1 Å². The monoisotopic (exact) mass is 206 g/mol. The third-order valence-corrected chi connectivity index (χ3v) is 3.32. The van der Waals surface area contributed by atoms with Crippen LogP contribution in [0.1, 0.15) is 31.7 Å². The summed E-state index contributed by atoms with van der Waals surface area (Å²) in [5, 5.41) is 9.29. The molecule has 0 bridgehead atoms. The standard InChI is InChI=1S/C11H14N2O2/c1-7-4-13-8(5-12-7)11(9(14)15)6-10(11,2)3/h4-5H,6H2,1-3H3,(H,14,15). The fourth-order valence-corrected chi connectivity index (χ4v) is 2.14. The van der Waals surface area contributed by atoms with Crippen molar-refractivity contribution in [2.45, 2.75) is 32.6 Å². The molecule has 15 heavy (non-hydrogen) atoms. The van der Waals surface area contributed by atoms with Gasteiger partial charge in [-0.3, -0.25) is 14.8 Å². The minimum atomic E-state index is -0.826. The van der Waals surface area contributed by atoms with Crippen LogP contribution in [0.2, 0.25) is 0 Å². The first kappa shape index (κ1) is 10.1. The van der Waals surface area contributed by atoms with Gasteiger partial charge in [-0.15, -0.1) is 0 Å². The van der Waals surface area contributed by atoms with Gasteiger partial charge in [-0.1, -0.05) is 13.8 Å². The van der Waals surface area contributed by atoms with Crippen molar-refractivity contribution in [2.75, 3.05) is 0 Å². The second kappa shape index (κ2) is 2.78. The molecule has 2 rings (SSSR count). The number of aryl methyl sites for hydroxylation is 1. The number of aromatic nitrogens is 2. The smallest absolute Gasteiger partial charge is 0.316 e. The Kier molecular flexibility index (Phi) is 1.87. The Morgan fingerprint density at radius 1 is 1.40 bits per heavy atom. The van der Waals surface area contributed by atoms with Crippen LogP contribution in [0.3, 0.4) is 0 Å². The summed E-state index contributed by atoms with van der Waals surface area (Å²) in [6.07, 6.45) is 3.83. The number of carbonyl (C=O) groups is 1. The van der Waals surface area contributed by atoms with E-state index in [1.807, 2.05) is 20.8 Å². The third-order valence-electron chi connectivity index (χ3n) is 3.32. The predicted molar refractivity (Wildman–Crippen MR) is 54.5 cm³/mol. The summed E-state index contributed by atoms with van der Waals surface area (Å²) in [6.45, 7) is 5.73. The average Bonchev–Trinajstić information content (AvgIpc) is 2.72. The van der Waals surface area contributed by atoms with Crippen molar-refractivity contribution >= 4 is 5.97 Å². The zero-order chi connectivity index (χ0) is 11.3. The number of hydrogen-bond acceptors (Lipinski definition) is 3. The van der Waals surface area contributed by atoms with Crippen LogP contribution in [0.15, 0.2) is 12.4 Å². The molecular weight excluding hydrogens is 192 g/mol. The lowest BCUT2D eigenvalue weighted by molar-refractivity contribution is -0.141. The SMILES string of the molecule is Cc1cnc(C2(C(=O)O)CC2(C)C)cn1. The molecule has 80 valence electrons. The second-order valence-corrected chi connectivity index (χ2v) is 4.81. The van der Waals surface area contributed by atoms with Gasteiger partial charge in [0.15, 0.2) is 0 Å². The second-order valence-electron chi connectivity index (χ2n) is 4.81. The van der Waals surface area contributed by atoms with Crippen LogP contribution in [-0.4, -0.2) is 21.0 Å². The zero-order valence-corrected chi connectivity index (χ0v) is 9.11. The molecule has 0 saturated heterocycles. The normalized spacial score (nSPS) is 27.4. The maximum atomic E-state index is 11.3. The number of nitrogens with zero attached hydrogens (tertiary/aromatic N) is 2. The van der Waals surface area contributed by atoms with Gasteiger partial charge in [0, 0.05) is 12.4 Å². The van der Waals surface area contributed by atoms with E-state index in [9.17, 15) is 9.90 Å². The number of carboxylic acid groups (broad SMARTS) is 1. The van der Waals surface area contributed by atoms with Crippen molar-refractivity contribution in [1.82, 2.24) is 9.97 Å². The molecule has 0 spiro atoms. The molecule has 1 unspecified atom stereocenters. The summed E-state index contributed by atoms with van der Waals surface area (Å²) in [4.78, 5) is 19.6. The van der Waals surface area contributed by atoms with Gasteiger partial charge in [0.1, 0.15) is 5.41 Å². The van der Waals surface area contributed by atoms with Crippen molar-refractivity contribution in [3.05, 3.63) is 23.8 Å². The summed E-state index contributed by atoms with van der Waals surface area (Å²) in [5.74, 6) is -0.800. The molecule has 1 saturated carbocycles. The Bertz CT molecular complexity index is 411. The molecule has 1 atom stereocenters. The quantitative estimate of drug-likeness (QED) is 0.797. The molecule has 4 nitrogen and oxygen atoms in total. The fourth-order valence-electron chi connectivity index (χ4n) is 2.14. The Hall–Kier alpha value is -1.45. The van der Waals surface area contributed by atoms with E-state index in [1.165, 1.54) is 0 Å². The molecule has 1 aliphatic rings. The lowest BCUT2D eigenvalue weighted by Crippen LogP contribution is -2.26. The van der Waals surface area contributed by atoms with Crippen molar-refractivity contribution in [1.29, 1.82) is 0 Å². The minimum Gasteiger partial charge on any atom is -0.481 e. The lowest BCUT2D eigenvalue weighted by Gasteiger charge is -2.14. The van der Waals surface area contributed by atoms with Gasteiger partial charge >= 0.3 is 5.97 Å². The highest BCUT2D eigenvalue weighted by atomic mass is 16.4. The molecule has 1 aliphatic carbocycles. The molecule has 0 aliphatic heterocycles. The van der Waals surface area contributed by atoms with Crippen LogP contribution in [0.25, 0.3) is 0 Å². The van der Waals surface area contributed by atoms with Crippen LogP contribution in [0, 0.1) is 12.3 Å². The third kappa shape index (κ3) is 1.24. The van der Waals surface area contributed by atoms with E-state index >= 15 is 0 Å². The van der Waals surface area contributed by atoms with E-state index in [4.69, 9.17) is 0 Å². The van der Waals surface area contributed by atoms with E-state index in [0.717, 1.165) is 5.69 Å². The molecule has 1 N–H and O–H groups in total. The molecular formula is C11H14N2O2. The van der Waals surface area contributed by atoms with Gasteiger partial charge in [0.05, 0.1) is 11.4 Å². The number of hydrogen-bond donors (Lipinski definition) is 1.